The van der Waals surface area contributed by atoms with E-state index in [1.54, 1.807) is 18.2 Å². The summed E-state index contributed by atoms with van der Waals surface area (Å²) in [6.07, 6.45) is -0.276. The Morgan fingerprint density at radius 1 is 1.09 bits per heavy atom. The molecule has 1 amide bonds. The zero-order valence-electron chi connectivity index (χ0n) is 18.4. The van der Waals surface area contributed by atoms with Crippen LogP contribution in [0.15, 0.2) is 29.2 Å². The van der Waals surface area contributed by atoms with Crippen molar-refractivity contribution in [2.24, 2.45) is 5.92 Å². The van der Waals surface area contributed by atoms with Gasteiger partial charge in [0, 0.05) is 44.2 Å². The number of sulfone groups is 1. The molecule has 1 aromatic carbocycles. The number of alkyl halides is 3. The van der Waals surface area contributed by atoms with Crippen LogP contribution in [0.4, 0.5) is 18.9 Å². The zero-order chi connectivity index (χ0) is 23.4. The van der Waals surface area contributed by atoms with Gasteiger partial charge in [0.2, 0.25) is 5.91 Å². The third-order valence-corrected chi connectivity index (χ3v) is 7.52. The van der Waals surface area contributed by atoms with Gasteiger partial charge in [-0.25, -0.2) is 8.42 Å². The highest BCUT2D eigenvalue weighted by Crippen LogP contribution is 2.28. The lowest BCUT2D eigenvalue weighted by atomic mass is 9.84. The molecule has 1 N–H and O–H groups in total. The van der Waals surface area contributed by atoms with E-state index in [0.29, 0.717) is 10.8 Å². The average Bonchev–Trinajstić information content (AvgIpc) is 2.72. The summed E-state index contributed by atoms with van der Waals surface area (Å²) in [6.45, 7) is 4.47. The van der Waals surface area contributed by atoms with E-state index < -0.39 is 28.3 Å². The Balaban J connectivity index is 1.36. The fourth-order valence-corrected chi connectivity index (χ4v) is 5.22. The van der Waals surface area contributed by atoms with Crippen LogP contribution in [0.3, 0.4) is 0 Å². The van der Waals surface area contributed by atoms with Gasteiger partial charge in [0.1, 0.15) is 6.42 Å². The number of rotatable bonds is 7. The summed E-state index contributed by atoms with van der Waals surface area (Å²) in [5, 5.41) is 2.52. The Morgan fingerprint density at radius 3 is 2.34 bits per heavy atom. The molecule has 10 heteroatoms. The number of piperazine rings is 1. The molecule has 32 heavy (non-hydrogen) atoms. The average molecular weight is 476 g/mol. The van der Waals surface area contributed by atoms with Crippen LogP contribution in [0.25, 0.3) is 0 Å². The second-order valence-corrected chi connectivity index (χ2v) is 11.0. The summed E-state index contributed by atoms with van der Waals surface area (Å²) < 4.78 is 60.5. The monoisotopic (exact) mass is 475 g/mol. The van der Waals surface area contributed by atoms with Crippen LogP contribution in [0.1, 0.15) is 38.5 Å². The molecule has 1 saturated carbocycles. The minimum atomic E-state index is -4.46. The van der Waals surface area contributed by atoms with E-state index in [-0.39, 0.29) is 6.04 Å². The van der Waals surface area contributed by atoms with Crippen LogP contribution < -0.4 is 10.2 Å². The number of nitrogens with one attached hydrogen (secondary N) is 1. The molecule has 0 aromatic heterocycles. The van der Waals surface area contributed by atoms with Crippen molar-refractivity contribution in [2.75, 3.05) is 43.9 Å². The number of carbonyl (C=O) groups is 1. The Kier molecular flexibility index (Phi) is 8.08. The van der Waals surface area contributed by atoms with Gasteiger partial charge in [0.15, 0.2) is 9.84 Å². The lowest BCUT2D eigenvalue weighted by Crippen LogP contribution is -2.47. The number of halogens is 3. The molecule has 0 bridgehead atoms. The van der Waals surface area contributed by atoms with Gasteiger partial charge in [-0.05, 0) is 62.8 Å². The molecular weight excluding hydrogens is 443 g/mol. The number of hydrogen-bond donors (Lipinski definition) is 1. The van der Waals surface area contributed by atoms with E-state index in [1.165, 1.54) is 6.26 Å². The van der Waals surface area contributed by atoms with E-state index in [4.69, 9.17) is 0 Å². The summed E-state index contributed by atoms with van der Waals surface area (Å²) in [4.78, 5) is 16.4. The molecule has 0 spiro atoms. The molecule has 1 saturated heterocycles. The maximum Gasteiger partial charge on any atom is 0.397 e. The predicted octanol–water partition coefficient (Wildman–Crippen LogP) is 3.23. The summed E-state index contributed by atoms with van der Waals surface area (Å²) in [5.74, 6) is -0.392. The number of amides is 1. The van der Waals surface area contributed by atoms with Crippen molar-refractivity contribution in [3.63, 3.8) is 0 Å². The van der Waals surface area contributed by atoms with Crippen LogP contribution in [0, 0.1) is 5.92 Å². The molecule has 1 aliphatic heterocycles. The number of benzene rings is 1. The van der Waals surface area contributed by atoms with Crippen molar-refractivity contribution in [1.82, 2.24) is 10.2 Å². The summed E-state index contributed by atoms with van der Waals surface area (Å²) in [5.41, 5.74) is 0.929. The van der Waals surface area contributed by atoms with Gasteiger partial charge in [0.25, 0.3) is 0 Å². The predicted molar refractivity (Wildman–Crippen MR) is 117 cm³/mol. The lowest BCUT2D eigenvalue weighted by molar-refractivity contribution is -0.154. The van der Waals surface area contributed by atoms with Crippen molar-refractivity contribution in [3.8, 4) is 0 Å². The molecule has 0 atom stereocenters. The first-order valence-corrected chi connectivity index (χ1v) is 13.0. The Labute approximate surface area is 188 Å². The smallest absolute Gasteiger partial charge is 0.369 e. The molecule has 1 aromatic rings. The molecule has 0 radical (unpaired) electrons. The van der Waals surface area contributed by atoms with Crippen molar-refractivity contribution < 1.29 is 26.4 Å². The third-order valence-electron chi connectivity index (χ3n) is 6.41. The zero-order valence-corrected chi connectivity index (χ0v) is 19.2. The molecule has 180 valence electrons. The molecule has 1 aliphatic carbocycles. The van der Waals surface area contributed by atoms with Gasteiger partial charge >= 0.3 is 6.18 Å². The molecule has 6 nitrogen and oxygen atoms in total. The highest BCUT2D eigenvalue weighted by molar-refractivity contribution is 7.90. The maximum absolute atomic E-state index is 12.3. The number of hydrogen-bond acceptors (Lipinski definition) is 5. The van der Waals surface area contributed by atoms with Crippen LogP contribution in [0.2, 0.25) is 0 Å². The SMILES string of the molecule is CS(=O)(=O)c1cccc(N2CCN(CCC3CCC(NC(=O)CC(F)(F)F)CC3)CC2)c1. The standard InChI is InChI=1S/C22H32F3N3O3S/c1-32(30,31)20-4-2-3-19(15-20)28-13-11-27(12-14-28)10-9-17-5-7-18(8-6-17)26-21(29)16-22(23,24)25/h2-4,15,17-18H,5-14,16H2,1H3,(H,26,29). The normalized spacial score (nSPS) is 23.2. The highest BCUT2D eigenvalue weighted by Gasteiger charge is 2.32. The number of nitrogens with zero attached hydrogens (tertiary/aromatic N) is 2. The maximum atomic E-state index is 12.3. The van der Waals surface area contributed by atoms with E-state index in [1.807, 2.05) is 6.07 Å². The molecule has 2 aliphatic rings. The van der Waals surface area contributed by atoms with Crippen molar-refractivity contribution in [3.05, 3.63) is 24.3 Å². The topological polar surface area (TPSA) is 69.7 Å². The van der Waals surface area contributed by atoms with E-state index in [9.17, 15) is 26.4 Å². The van der Waals surface area contributed by atoms with Gasteiger partial charge in [-0.1, -0.05) is 6.07 Å². The van der Waals surface area contributed by atoms with Gasteiger partial charge in [-0.15, -0.1) is 0 Å². The largest absolute Gasteiger partial charge is 0.397 e. The Morgan fingerprint density at radius 2 is 1.75 bits per heavy atom. The van der Waals surface area contributed by atoms with Crippen LogP contribution in [-0.2, 0) is 14.6 Å². The van der Waals surface area contributed by atoms with Gasteiger partial charge in [-0.3, -0.25) is 9.69 Å². The summed E-state index contributed by atoms with van der Waals surface area (Å²) in [6, 6.07) is 6.92. The Bertz CT molecular complexity index is 876. The van der Waals surface area contributed by atoms with E-state index >= 15 is 0 Å². The number of carbonyl (C=O) groups excluding carboxylic acids is 1. The van der Waals surface area contributed by atoms with Crippen molar-refractivity contribution >= 4 is 21.4 Å². The molecule has 3 rings (SSSR count). The quantitative estimate of drug-likeness (QED) is 0.656. The minimum absolute atomic E-state index is 0.146. The van der Waals surface area contributed by atoms with Crippen LogP contribution >= 0.6 is 0 Å². The minimum Gasteiger partial charge on any atom is -0.369 e. The van der Waals surface area contributed by atoms with Crippen molar-refractivity contribution in [2.45, 2.75) is 55.6 Å². The van der Waals surface area contributed by atoms with Crippen LogP contribution in [0.5, 0.6) is 0 Å². The fraction of sp³-hybridized carbons (Fsp3) is 0.682. The fourth-order valence-electron chi connectivity index (χ4n) is 4.56. The third kappa shape index (κ3) is 7.65. The van der Waals surface area contributed by atoms with Crippen molar-refractivity contribution in [1.29, 1.82) is 0 Å². The lowest BCUT2D eigenvalue weighted by Gasteiger charge is -2.37. The number of anilines is 1. The first-order chi connectivity index (χ1) is 15.0. The summed E-state index contributed by atoms with van der Waals surface area (Å²) >= 11 is 0. The first kappa shape index (κ1) is 24.8. The second kappa shape index (κ2) is 10.4. The first-order valence-electron chi connectivity index (χ1n) is 11.1. The summed E-state index contributed by atoms with van der Waals surface area (Å²) in [7, 11) is -3.23. The van der Waals surface area contributed by atoms with Gasteiger partial charge < -0.3 is 10.2 Å². The van der Waals surface area contributed by atoms with Gasteiger partial charge in [0.05, 0.1) is 4.90 Å². The van der Waals surface area contributed by atoms with E-state index in [2.05, 4.69) is 15.1 Å². The Hall–Kier alpha value is -1.81. The van der Waals surface area contributed by atoms with Crippen LogP contribution in [-0.4, -0.2) is 70.4 Å². The molecule has 1 heterocycles. The van der Waals surface area contributed by atoms with E-state index in [0.717, 1.165) is 70.5 Å². The second-order valence-electron chi connectivity index (χ2n) is 8.96. The molecule has 2 fully saturated rings. The molecular formula is C22H32F3N3O3S. The molecule has 0 unspecified atom stereocenters. The van der Waals surface area contributed by atoms with Gasteiger partial charge in [-0.2, -0.15) is 13.2 Å². The highest BCUT2D eigenvalue weighted by atomic mass is 32.2.